The van der Waals surface area contributed by atoms with Crippen molar-refractivity contribution < 1.29 is 0 Å². The summed E-state index contributed by atoms with van der Waals surface area (Å²) < 4.78 is 0. The molecule has 0 N–H and O–H groups in total. The van der Waals surface area contributed by atoms with E-state index in [9.17, 15) is 0 Å². The van der Waals surface area contributed by atoms with Gasteiger partial charge < -0.3 is 0 Å². The molecule has 0 aliphatic heterocycles. The van der Waals surface area contributed by atoms with Crippen molar-refractivity contribution in [2.75, 3.05) is 0 Å². The van der Waals surface area contributed by atoms with Crippen LogP contribution >= 0.6 is 0 Å². The van der Waals surface area contributed by atoms with Gasteiger partial charge in [0.15, 0.2) is 0 Å². The number of aryl methyl sites for hydroxylation is 2. The topological polar surface area (TPSA) is 0 Å². The van der Waals surface area contributed by atoms with Gasteiger partial charge in [0.1, 0.15) is 0 Å². The predicted octanol–water partition coefficient (Wildman–Crippen LogP) is 4.62. The Morgan fingerprint density at radius 3 is 2.40 bits per heavy atom. The maximum absolute atomic E-state index is 2.38. The van der Waals surface area contributed by atoms with E-state index in [0.29, 0.717) is 0 Å². The van der Waals surface area contributed by atoms with E-state index in [0.717, 1.165) is 0 Å². The smallest absolute Gasteiger partial charge is 0.0228 e. The summed E-state index contributed by atoms with van der Waals surface area (Å²) in [7, 11) is 0. The van der Waals surface area contributed by atoms with Crippen LogP contribution < -0.4 is 0 Å². The van der Waals surface area contributed by atoms with E-state index < -0.39 is 0 Å². The highest BCUT2D eigenvalue weighted by Gasteiger charge is 2.00. The Labute approximate surface area is 94.0 Å². The van der Waals surface area contributed by atoms with Crippen LogP contribution in [0, 0.1) is 0 Å². The summed E-state index contributed by atoms with van der Waals surface area (Å²) in [6, 6.07) is 6.90. The summed E-state index contributed by atoms with van der Waals surface area (Å²) in [6.45, 7) is 6.56. The second-order valence-electron chi connectivity index (χ2n) is 4.03. The van der Waals surface area contributed by atoms with Crippen LogP contribution in [-0.4, -0.2) is 0 Å². The first kappa shape index (κ1) is 12.0. The molecule has 0 spiro atoms. The van der Waals surface area contributed by atoms with Gasteiger partial charge in [0.05, 0.1) is 0 Å². The van der Waals surface area contributed by atoms with E-state index in [4.69, 9.17) is 0 Å². The van der Waals surface area contributed by atoms with Gasteiger partial charge in [-0.15, -0.1) is 0 Å². The van der Waals surface area contributed by atoms with Gasteiger partial charge in [-0.2, -0.15) is 0 Å². The van der Waals surface area contributed by atoms with Gasteiger partial charge in [0.25, 0.3) is 0 Å². The summed E-state index contributed by atoms with van der Waals surface area (Å²) in [5.74, 6) is 0. The quantitative estimate of drug-likeness (QED) is 0.653. The molecule has 0 bridgehead atoms. The first-order valence-electron chi connectivity index (χ1n) is 6.06. The van der Waals surface area contributed by atoms with Crippen LogP contribution in [0.5, 0.6) is 0 Å². The first-order chi connectivity index (χ1) is 7.31. The summed E-state index contributed by atoms with van der Waals surface area (Å²) in [5, 5.41) is 0. The van der Waals surface area contributed by atoms with Crippen LogP contribution in [0.3, 0.4) is 0 Å². The molecule has 0 amide bonds. The molecule has 0 heteroatoms. The molecule has 82 valence electrons. The third-order valence-corrected chi connectivity index (χ3v) is 2.61. The maximum atomic E-state index is 2.38. The average Bonchev–Trinajstić information content (AvgIpc) is 2.23. The fourth-order valence-corrected chi connectivity index (χ4v) is 1.93. The van der Waals surface area contributed by atoms with Crippen LogP contribution in [-0.2, 0) is 12.8 Å². The normalized spacial score (nSPS) is 11.1. The van der Waals surface area contributed by atoms with Gasteiger partial charge in [-0.05, 0) is 36.5 Å². The molecular formula is C15H22. The van der Waals surface area contributed by atoms with E-state index >= 15 is 0 Å². The molecule has 0 heterocycles. The highest BCUT2D eigenvalue weighted by molar-refractivity contribution is 5.54. The molecule has 0 radical (unpaired) electrons. The molecule has 0 aromatic heterocycles. The van der Waals surface area contributed by atoms with E-state index in [2.05, 4.69) is 51.1 Å². The van der Waals surface area contributed by atoms with E-state index in [1.54, 1.807) is 0 Å². The Kier molecular flexibility index (Phi) is 5.17. The van der Waals surface area contributed by atoms with E-state index in [-0.39, 0.29) is 0 Å². The van der Waals surface area contributed by atoms with Crippen molar-refractivity contribution in [1.29, 1.82) is 0 Å². The van der Waals surface area contributed by atoms with E-state index in [1.807, 2.05) is 0 Å². The van der Waals surface area contributed by atoms with Crippen LogP contribution in [0.4, 0.5) is 0 Å². The molecule has 15 heavy (non-hydrogen) atoms. The molecule has 0 nitrogen and oxygen atoms in total. The molecule has 0 aliphatic rings. The molecule has 0 unspecified atom stereocenters. The van der Waals surface area contributed by atoms with Gasteiger partial charge in [0.2, 0.25) is 0 Å². The average molecular weight is 202 g/mol. The molecule has 0 saturated carbocycles. The Balaban J connectivity index is 2.97. The number of benzene rings is 1. The lowest BCUT2D eigenvalue weighted by Gasteiger charge is -2.08. The largest absolute Gasteiger partial charge is 0.0871 e. The number of hydrogen-bond donors (Lipinski definition) is 0. The fraction of sp³-hybridized carbons (Fsp3) is 0.467. The van der Waals surface area contributed by atoms with Crippen LogP contribution in [0.15, 0.2) is 24.3 Å². The van der Waals surface area contributed by atoms with Crippen molar-refractivity contribution in [3.8, 4) is 0 Å². The summed E-state index contributed by atoms with van der Waals surface area (Å²) in [5.41, 5.74) is 4.37. The Morgan fingerprint density at radius 2 is 1.80 bits per heavy atom. The van der Waals surface area contributed by atoms with Crippen LogP contribution in [0.2, 0.25) is 0 Å². The summed E-state index contributed by atoms with van der Waals surface area (Å²) >= 11 is 0. The van der Waals surface area contributed by atoms with Crippen molar-refractivity contribution in [3.63, 3.8) is 0 Å². The molecule has 0 saturated heterocycles. The van der Waals surface area contributed by atoms with Gasteiger partial charge in [-0.25, -0.2) is 0 Å². The lowest BCUT2D eigenvalue weighted by Crippen LogP contribution is -1.92. The van der Waals surface area contributed by atoms with Crippen LogP contribution in [0.25, 0.3) is 6.08 Å². The first-order valence-corrected chi connectivity index (χ1v) is 6.06. The Hall–Kier alpha value is -1.04. The molecule has 1 aromatic carbocycles. The minimum atomic E-state index is 1.19. The third kappa shape index (κ3) is 3.54. The summed E-state index contributed by atoms with van der Waals surface area (Å²) in [4.78, 5) is 0. The van der Waals surface area contributed by atoms with Crippen molar-refractivity contribution in [3.05, 3.63) is 41.0 Å². The second-order valence-corrected chi connectivity index (χ2v) is 4.03. The van der Waals surface area contributed by atoms with Crippen molar-refractivity contribution in [2.45, 2.75) is 46.5 Å². The second kappa shape index (κ2) is 6.44. The lowest BCUT2D eigenvalue weighted by molar-refractivity contribution is 0.893. The van der Waals surface area contributed by atoms with E-state index in [1.165, 1.54) is 42.4 Å². The van der Waals surface area contributed by atoms with Gasteiger partial charge in [-0.3, -0.25) is 0 Å². The van der Waals surface area contributed by atoms with Gasteiger partial charge in [0, 0.05) is 0 Å². The zero-order valence-electron chi connectivity index (χ0n) is 10.2. The number of allylic oxidation sites excluding steroid dienone is 1. The van der Waals surface area contributed by atoms with Crippen LogP contribution in [0.1, 0.15) is 50.3 Å². The standard InChI is InChI=1S/C15H22/c1-4-7-13-10-11-14(8-5-2)15(12-13)9-6-3/h5,8,10-12H,4,6-7,9H2,1-3H3. The number of rotatable bonds is 5. The molecule has 1 aromatic rings. The predicted molar refractivity (Wildman–Crippen MR) is 69.1 cm³/mol. The molecule has 0 aliphatic carbocycles. The minimum Gasteiger partial charge on any atom is -0.0871 e. The van der Waals surface area contributed by atoms with Gasteiger partial charge in [-0.1, -0.05) is 57.0 Å². The molecule has 0 atom stereocenters. The number of hydrogen-bond acceptors (Lipinski definition) is 0. The maximum Gasteiger partial charge on any atom is -0.0228 e. The Morgan fingerprint density at radius 1 is 1.07 bits per heavy atom. The molecule has 1 rings (SSSR count). The Bertz CT molecular complexity index is 321. The lowest BCUT2D eigenvalue weighted by atomic mass is 9.98. The van der Waals surface area contributed by atoms with Crippen molar-refractivity contribution in [2.24, 2.45) is 0 Å². The monoisotopic (exact) mass is 202 g/mol. The summed E-state index contributed by atoms with van der Waals surface area (Å²) in [6.07, 6.45) is 9.17. The molecular weight excluding hydrogens is 180 g/mol. The third-order valence-electron chi connectivity index (χ3n) is 2.61. The molecule has 0 fully saturated rings. The zero-order chi connectivity index (χ0) is 11.1. The highest BCUT2D eigenvalue weighted by Crippen LogP contribution is 2.17. The highest BCUT2D eigenvalue weighted by atomic mass is 14.1. The SMILES string of the molecule is CC=Cc1ccc(CCC)cc1CCC. The van der Waals surface area contributed by atoms with Crippen molar-refractivity contribution >= 4 is 6.08 Å². The van der Waals surface area contributed by atoms with Crippen molar-refractivity contribution in [1.82, 2.24) is 0 Å². The van der Waals surface area contributed by atoms with Gasteiger partial charge >= 0.3 is 0 Å². The fourth-order valence-electron chi connectivity index (χ4n) is 1.93. The minimum absolute atomic E-state index is 1.19. The zero-order valence-corrected chi connectivity index (χ0v) is 10.2.